The monoisotopic (exact) mass is 556 g/mol. The second-order valence-corrected chi connectivity index (χ2v) is 8.39. The summed E-state index contributed by atoms with van der Waals surface area (Å²) in [6, 6.07) is 20.9. The fraction of sp³-hybridized carbons (Fsp3) is 0.154. The molecule has 3 aromatic rings. The molecule has 0 bridgehead atoms. The topological polar surface area (TPSA) is 71.3 Å². The first-order chi connectivity index (χ1) is 15.9. The highest BCUT2D eigenvalue weighted by Gasteiger charge is 2.16. The van der Waals surface area contributed by atoms with E-state index in [4.69, 9.17) is 9.47 Å². The number of hydrogen-bond donors (Lipinski definition) is 1. The maximum atomic E-state index is 13.4. The number of carbonyl (C=O) groups is 1. The number of nitrogens with zero attached hydrogens (tertiary/aromatic N) is 1. The van der Waals surface area contributed by atoms with E-state index >= 15 is 0 Å². The van der Waals surface area contributed by atoms with Crippen LogP contribution in [0.15, 0.2) is 72.3 Å². The van der Waals surface area contributed by atoms with Crippen LogP contribution < -0.4 is 14.8 Å². The Balaban J connectivity index is 1.79. The molecule has 1 N–H and O–H groups in total. The van der Waals surface area contributed by atoms with E-state index in [1.165, 1.54) is 25.3 Å². The summed E-state index contributed by atoms with van der Waals surface area (Å²) < 4.78 is 25.5. The molecular weight excluding hydrogens is 534 g/mol. The van der Waals surface area contributed by atoms with Crippen LogP contribution in [0.4, 0.5) is 4.39 Å². The number of rotatable bonds is 8. The molecule has 0 heterocycles. The first kappa shape index (κ1) is 24.3. The van der Waals surface area contributed by atoms with Gasteiger partial charge >= 0.3 is 0 Å². The predicted molar refractivity (Wildman–Crippen MR) is 133 cm³/mol. The van der Waals surface area contributed by atoms with Crippen LogP contribution >= 0.6 is 22.6 Å². The average molecular weight is 556 g/mol. The average Bonchev–Trinajstić information content (AvgIpc) is 2.82. The van der Waals surface area contributed by atoms with Crippen LogP contribution in [0.1, 0.15) is 29.7 Å². The molecule has 3 aromatic carbocycles. The van der Waals surface area contributed by atoms with Crippen molar-refractivity contribution in [3.63, 3.8) is 0 Å². The molecule has 0 fully saturated rings. The molecule has 0 spiro atoms. The first-order valence-electron chi connectivity index (χ1n) is 10.1. The van der Waals surface area contributed by atoms with Crippen molar-refractivity contribution >= 4 is 34.6 Å². The maximum absolute atomic E-state index is 13.4. The van der Waals surface area contributed by atoms with E-state index in [1.54, 1.807) is 24.3 Å². The Kier molecular flexibility index (Phi) is 8.44. The molecule has 0 aliphatic heterocycles. The smallest absolute Gasteiger partial charge is 0.262 e. The number of amides is 1. The van der Waals surface area contributed by atoms with Gasteiger partial charge in [-0.25, -0.2) is 4.39 Å². The Hall–Kier alpha value is -3.38. The largest absolute Gasteiger partial charge is 0.493 e. The molecule has 3 rings (SSSR count). The van der Waals surface area contributed by atoms with Crippen molar-refractivity contribution in [2.24, 2.45) is 0 Å². The van der Waals surface area contributed by atoms with Crippen molar-refractivity contribution < 1.29 is 18.7 Å². The van der Waals surface area contributed by atoms with E-state index in [1.807, 2.05) is 43.3 Å². The van der Waals surface area contributed by atoms with Crippen LogP contribution in [0.2, 0.25) is 0 Å². The van der Waals surface area contributed by atoms with Gasteiger partial charge in [-0.3, -0.25) is 4.79 Å². The van der Waals surface area contributed by atoms with E-state index in [-0.39, 0.29) is 24.0 Å². The van der Waals surface area contributed by atoms with Crippen molar-refractivity contribution in [2.45, 2.75) is 19.6 Å². The molecular formula is C26H22FIN2O3. The van der Waals surface area contributed by atoms with Gasteiger partial charge in [0.25, 0.3) is 5.91 Å². The summed E-state index contributed by atoms with van der Waals surface area (Å²) >= 11 is 2.10. The molecule has 1 amide bonds. The fourth-order valence-corrected chi connectivity index (χ4v) is 3.94. The number of ether oxygens (including phenoxy) is 2. The molecule has 0 saturated heterocycles. The lowest BCUT2D eigenvalue weighted by Crippen LogP contribution is -2.27. The van der Waals surface area contributed by atoms with Gasteiger partial charge in [-0.05, 0) is 76.5 Å². The Labute approximate surface area is 206 Å². The second kappa shape index (κ2) is 11.5. The third-order valence-electron chi connectivity index (χ3n) is 4.85. The predicted octanol–water partition coefficient (Wildman–Crippen LogP) is 5.80. The summed E-state index contributed by atoms with van der Waals surface area (Å²) in [5.41, 5.74) is 2.23. The maximum Gasteiger partial charge on any atom is 0.262 e. The van der Waals surface area contributed by atoms with Gasteiger partial charge in [-0.1, -0.05) is 42.5 Å². The van der Waals surface area contributed by atoms with Crippen molar-refractivity contribution in [1.82, 2.24) is 5.32 Å². The van der Waals surface area contributed by atoms with Gasteiger partial charge in [0.1, 0.15) is 24.1 Å². The molecule has 0 aromatic heterocycles. The molecule has 168 valence electrons. The van der Waals surface area contributed by atoms with Crippen LogP contribution in [0, 0.1) is 20.7 Å². The summed E-state index contributed by atoms with van der Waals surface area (Å²) in [4.78, 5) is 12.7. The molecule has 1 atom stereocenters. The summed E-state index contributed by atoms with van der Waals surface area (Å²) in [6.45, 7) is 2.03. The normalized spacial score (nSPS) is 11.9. The van der Waals surface area contributed by atoms with Gasteiger partial charge in [0.15, 0.2) is 11.5 Å². The van der Waals surface area contributed by atoms with Crippen LogP contribution in [0.3, 0.4) is 0 Å². The summed E-state index contributed by atoms with van der Waals surface area (Å²) in [7, 11) is 1.51. The van der Waals surface area contributed by atoms with Crippen LogP contribution in [0.5, 0.6) is 11.5 Å². The quantitative estimate of drug-likeness (QED) is 0.216. The highest BCUT2D eigenvalue weighted by atomic mass is 127. The van der Waals surface area contributed by atoms with Crippen LogP contribution in [-0.4, -0.2) is 13.0 Å². The van der Waals surface area contributed by atoms with Gasteiger partial charge in [-0.15, -0.1) is 0 Å². The van der Waals surface area contributed by atoms with Gasteiger partial charge in [0.2, 0.25) is 0 Å². The number of nitriles is 1. The lowest BCUT2D eigenvalue weighted by atomic mass is 10.1. The van der Waals surface area contributed by atoms with Crippen molar-refractivity contribution in [3.8, 4) is 17.6 Å². The van der Waals surface area contributed by atoms with E-state index in [0.717, 1.165) is 9.13 Å². The number of hydrogen-bond acceptors (Lipinski definition) is 4. The van der Waals surface area contributed by atoms with Crippen LogP contribution in [0.25, 0.3) is 6.08 Å². The molecule has 0 saturated carbocycles. The highest BCUT2D eigenvalue weighted by molar-refractivity contribution is 14.1. The van der Waals surface area contributed by atoms with E-state index < -0.39 is 5.91 Å². The minimum atomic E-state index is -0.464. The molecule has 33 heavy (non-hydrogen) atoms. The van der Waals surface area contributed by atoms with E-state index in [2.05, 4.69) is 27.9 Å². The minimum Gasteiger partial charge on any atom is -0.493 e. The van der Waals surface area contributed by atoms with Crippen molar-refractivity contribution in [1.29, 1.82) is 5.26 Å². The molecule has 0 unspecified atom stereocenters. The molecule has 0 radical (unpaired) electrons. The Bertz CT molecular complexity index is 1210. The number of nitrogens with one attached hydrogen (secondary N) is 1. The van der Waals surface area contributed by atoms with Gasteiger partial charge in [0, 0.05) is 0 Å². The molecule has 5 nitrogen and oxygen atoms in total. The highest BCUT2D eigenvalue weighted by Crippen LogP contribution is 2.35. The summed E-state index contributed by atoms with van der Waals surface area (Å²) in [6.07, 6.45) is 1.51. The Morgan fingerprint density at radius 2 is 1.94 bits per heavy atom. The molecule has 7 heteroatoms. The number of carbonyl (C=O) groups excluding carboxylic acids is 1. The number of halogens is 2. The fourth-order valence-electron chi connectivity index (χ4n) is 3.16. The molecule has 0 aliphatic rings. The summed E-state index contributed by atoms with van der Waals surface area (Å²) in [5, 5.41) is 12.4. The zero-order valence-corrected chi connectivity index (χ0v) is 20.3. The first-order valence-corrected chi connectivity index (χ1v) is 11.2. The lowest BCUT2D eigenvalue weighted by molar-refractivity contribution is -0.117. The zero-order valence-electron chi connectivity index (χ0n) is 18.1. The Morgan fingerprint density at radius 3 is 2.61 bits per heavy atom. The minimum absolute atomic E-state index is 0.0240. The summed E-state index contributed by atoms with van der Waals surface area (Å²) in [5.74, 6) is 0.150. The zero-order chi connectivity index (χ0) is 23.8. The number of benzene rings is 3. The third kappa shape index (κ3) is 6.56. The number of methoxy groups -OCH3 is 1. The van der Waals surface area contributed by atoms with Crippen LogP contribution in [-0.2, 0) is 11.4 Å². The van der Waals surface area contributed by atoms with E-state index in [0.29, 0.717) is 22.6 Å². The third-order valence-corrected chi connectivity index (χ3v) is 5.65. The van der Waals surface area contributed by atoms with Gasteiger partial charge < -0.3 is 14.8 Å². The SMILES string of the molecule is COc1cc(/C=C(/C#N)C(=O)N[C@@H](C)c2ccccc2)cc(I)c1OCc1cccc(F)c1. The van der Waals surface area contributed by atoms with Gasteiger partial charge in [-0.2, -0.15) is 5.26 Å². The van der Waals surface area contributed by atoms with Crippen molar-refractivity contribution in [3.05, 3.63) is 98.4 Å². The van der Waals surface area contributed by atoms with Crippen molar-refractivity contribution in [2.75, 3.05) is 7.11 Å². The van der Waals surface area contributed by atoms with E-state index in [9.17, 15) is 14.4 Å². The Morgan fingerprint density at radius 1 is 1.18 bits per heavy atom. The molecule has 0 aliphatic carbocycles. The lowest BCUT2D eigenvalue weighted by Gasteiger charge is -2.15. The van der Waals surface area contributed by atoms with Gasteiger partial charge in [0.05, 0.1) is 16.7 Å². The standard InChI is InChI=1S/C26H22FIN2O3/c1-17(20-8-4-3-5-9-20)30-26(31)21(15-29)11-19-13-23(28)25(24(14-19)32-2)33-16-18-7-6-10-22(27)12-18/h3-14,17H,16H2,1-2H3,(H,30,31)/b21-11-/t17-/m0/s1. The second-order valence-electron chi connectivity index (χ2n) is 7.23.